The van der Waals surface area contributed by atoms with E-state index in [1.54, 1.807) is 6.07 Å². The van der Waals surface area contributed by atoms with Gasteiger partial charge in [-0.1, -0.05) is 41.6 Å². The van der Waals surface area contributed by atoms with Crippen molar-refractivity contribution in [2.24, 2.45) is 0 Å². The molecule has 3 aromatic rings. The number of hydrogen-bond donors (Lipinski definition) is 0. The molecule has 0 radical (unpaired) electrons. The predicted molar refractivity (Wildman–Crippen MR) is 64.5 cm³/mol. The highest BCUT2D eigenvalue weighted by atomic mass is 35.5. The third kappa shape index (κ3) is 1.57. The zero-order valence-corrected chi connectivity index (χ0v) is 9.11. The maximum Gasteiger partial charge on any atom is 0.226 e. The number of fused-ring (bicyclic) bond motifs is 1. The summed E-state index contributed by atoms with van der Waals surface area (Å²) in [6.45, 7) is 0. The minimum atomic E-state index is 0.308. The lowest BCUT2D eigenvalue weighted by Gasteiger charge is -1.99. The minimum Gasteiger partial charge on any atom is -0.344 e. The summed E-state index contributed by atoms with van der Waals surface area (Å²) in [4.78, 5) is 0. The molecule has 2 nitrogen and oxygen atoms in total. The van der Waals surface area contributed by atoms with Crippen LogP contribution in [0.4, 0.5) is 0 Å². The van der Waals surface area contributed by atoms with Gasteiger partial charge in [0.15, 0.2) is 0 Å². The Kier molecular flexibility index (Phi) is 2.15. The van der Waals surface area contributed by atoms with Crippen molar-refractivity contribution in [2.75, 3.05) is 0 Å². The summed E-state index contributed by atoms with van der Waals surface area (Å²) in [6, 6.07) is 16.0. The fourth-order valence-electron chi connectivity index (χ4n) is 1.74. The van der Waals surface area contributed by atoms with E-state index in [1.807, 2.05) is 18.2 Å². The second-order valence-electron chi connectivity index (χ2n) is 3.58. The fraction of sp³-hybridized carbons (Fsp3) is 0. The molecule has 2 aromatic carbocycles. The van der Waals surface area contributed by atoms with Crippen LogP contribution in [-0.2, 0) is 0 Å². The molecule has 0 aliphatic heterocycles. The van der Waals surface area contributed by atoms with Crippen molar-refractivity contribution in [3.63, 3.8) is 0 Å². The fourth-order valence-corrected chi connectivity index (χ4v) is 1.88. The van der Waals surface area contributed by atoms with Gasteiger partial charge in [0.1, 0.15) is 5.69 Å². The van der Waals surface area contributed by atoms with E-state index in [1.165, 1.54) is 10.8 Å². The topological polar surface area (TPSA) is 26.0 Å². The highest BCUT2D eigenvalue weighted by Crippen LogP contribution is 2.25. The molecule has 0 aliphatic rings. The van der Waals surface area contributed by atoms with Gasteiger partial charge in [0.2, 0.25) is 5.22 Å². The summed E-state index contributed by atoms with van der Waals surface area (Å²) in [5.74, 6) is 0. The van der Waals surface area contributed by atoms with Crippen LogP contribution in [0.5, 0.6) is 0 Å². The Morgan fingerprint density at radius 3 is 2.50 bits per heavy atom. The quantitative estimate of drug-likeness (QED) is 0.627. The Bertz CT molecular complexity index is 645. The van der Waals surface area contributed by atoms with Crippen molar-refractivity contribution < 1.29 is 4.52 Å². The van der Waals surface area contributed by atoms with Gasteiger partial charge < -0.3 is 4.52 Å². The van der Waals surface area contributed by atoms with Gasteiger partial charge in [-0.15, -0.1) is 0 Å². The zero-order chi connectivity index (χ0) is 11.0. The smallest absolute Gasteiger partial charge is 0.226 e. The van der Waals surface area contributed by atoms with Gasteiger partial charge in [0.05, 0.1) is 0 Å². The molecule has 0 bridgehead atoms. The molecule has 3 heteroatoms. The van der Waals surface area contributed by atoms with E-state index in [-0.39, 0.29) is 0 Å². The molecule has 0 saturated heterocycles. The molecule has 1 heterocycles. The van der Waals surface area contributed by atoms with Crippen LogP contribution in [0.1, 0.15) is 0 Å². The highest BCUT2D eigenvalue weighted by Gasteiger charge is 2.04. The molecule has 16 heavy (non-hydrogen) atoms. The first-order valence-electron chi connectivity index (χ1n) is 4.94. The molecule has 3 rings (SSSR count). The van der Waals surface area contributed by atoms with E-state index in [0.29, 0.717) is 5.22 Å². The summed E-state index contributed by atoms with van der Waals surface area (Å²) < 4.78 is 4.85. The maximum atomic E-state index is 5.70. The maximum absolute atomic E-state index is 5.70. The minimum absolute atomic E-state index is 0.308. The summed E-state index contributed by atoms with van der Waals surface area (Å²) in [5.41, 5.74) is 1.77. The zero-order valence-electron chi connectivity index (χ0n) is 8.35. The molecular formula is C13H8ClNO. The Morgan fingerprint density at radius 1 is 0.938 bits per heavy atom. The number of nitrogens with zero attached hydrogens (tertiary/aromatic N) is 1. The number of aromatic nitrogens is 1. The van der Waals surface area contributed by atoms with Crippen LogP contribution in [0.3, 0.4) is 0 Å². The van der Waals surface area contributed by atoms with Gasteiger partial charge in [-0.25, -0.2) is 0 Å². The van der Waals surface area contributed by atoms with E-state index >= 15 is 0 Å². The monoisotopic (exact) mass is 229 g/mol. The number of hydrogen-bond acceptors (Lipinski definition) is 2. The first kappa shape index (κ1) is 9.43. The highest BCUT2D eigenvalue weighted by molar-refractivity contribution is 6.29. The third-order valence-electron chi connectivity index (χ3n) is 2.53. The molecule has 0 spiro atoms. The molecule has 78 valence electrons. The van der Waals surface area contributed by atoms with Gasteiger partial charge in [0, 0.05) is 11.6 Å². The van der Waals surface area contributed by atoms with Crippen molar-refractivity contribution in [3.8, 4) is 11.3 Å². The van der Waals surface area contributed by atoms with E-state index in [0.717, 1.165) is 11.3 Å². The average molecular weight is 230 g/mol. The van der Waals surface area contributed by atoms with Crippen molar-refractivity contribution in [1.82, 2.24) is 5.16 Å². The molecule has 0 unspecified atom stereocenters. The lowest BCUT2D eigenvalue weighted by atomic mass is 10.1. The molecule has 0 amide bonds. The third-order valence-corrected chi connectivity index (χ3v) is 2.70. The molecular weight excluding hydrogens is 222 g/mol. The average Bonchev–Trinajstić information content (AvgIpc) is 2.75. The van der Waals surface area contributed by atoms with Crippen LogP contribution in [0.15, 0.2) is 53.1 Å². The Morgan fingerprint density at radius 2 is 1.75 bits per heavy atom. The molecule has 0 atom stereocenters. The van der Waals surface area contributed by atoms with Crippen LogP contribution in [0.25, 0.3) is 22.0 Å². The summed E-state index contributed by atoms with van der Waals surface area (Å²) >= 11 is 5.70. The van der Waals surface area contributed by atoms with Gasteiger partial charge in [0.25, 0.3) is 0 Å². The van der Waals surface area contributed by atoms with Crippen LogP contribution < -0.4 is 0 Å². The summed E-state index contributed by atoms with van der Waals surface area (Å²) in [7, 11) is 0. The number of benzene rings is 2. The molecule has 0 fully saturated rings. The lowest BCUT2D eigenvalue weighted by molar-refractivity contribution is 0.424. The second kappa shape index (κ2) is 3.65. The van der Waals surface area contributed by atoms with E-state index in [9.17, 15) is 0 Å². The standard InChI is InChI=1S/C13H8ClNO/c14-13-8-12(15-16-13)11-6-5-9-3-1-2-4-10(9)7-11/h1-8H. The lowest BCUT2D eigenvalue weighted by Crippen LogP contribution is -1.77. The van der Waals surface area contributed by atoms with E-state index < -0.39 is 0 Å². The first-order valence-corrected chi connectivity index (χ1v) is 5.32. The first-order chi connectivity index (χ1) is 7.83. The Labute approximate surface area is 97.4 Å². The van der Waals surface area contributed by atoms with Gasteiger partial charge >= 0.3 is 0 Å². The normalized spacial score (nSPS) is 10.8. The van der Waals surface area contributed by atoms with Crippen molar-refractivity contribution in [1.29, 1.82) is 0 Å². The summed E-state index contributed by atoms with van der Waals surface area (Å²) in [5, 5.41) is 6.58. The largest absolute Gasteiger partial charge is 0.344 e. The predicted octanol–water partition coefficient (Wildman–Crippen LogP) is 4.15. The second-order valence-corrected chi connectivity index (χ2v) is 3.95. The molecule has 1 aromatic heterocycles. The van der Waals surface area contributed by atoms with Crippen molar-refractivity contribution in [2.45, 2.75) is 0 Å². The van der Waals surface area contributed by atoms with Crippen LogP contribution in [-0.4, -0.2) is 5.16 Å². The number of halogens is 1. The van der Waals surface area contributed by atoms with Gasteiger partial charge in [-0.05, 0) is 28.4 Å². The van der Waals surface area contributed by atoms with Crippen LogP contribution >= 0.6 is 11.6 Å². The molecule has 0 saturated carbocycles. The van der Waals surface area contributed by atoms with Crippen LogP contribution in [0.2, 0.25) is 5.22 Å². The van der Waals surface area contributed by atoms with Gasteiger partial charge in [-0.2, -0.15) is 0 Å². The molecule has 0 aliphatic carbocycles. The van der Waals surface area contributed by atoms with E-state index in [4.69, 9.17) is 16.1 Å². The number of rotatable bonds is 1. The molecule has 0 N–H and O–H groups in total. The van der Waals surface area contributed by atoms with E-state index in [2.05, 4.69) is 29.4 Å². The SMILES string of the molecule is Clc1cc(-c2ccc3ccccc3c2)no1. The van der Waals surface area contributed by atoms with Crippen molar-refractivity contribution in [3.05, 3.63) is 53.8 Å². The van der Waals surface area contributed by atoms with Crippen LogP contribution in [0, 0.1) is 0 Å². The van der Waals surface area contributed by atoms with Gasteiger partial charge in [-0.3, -0.25) is 0 Å². The summed E-state index contributed by atoms with van der Waals surface area (Å²) in [6.07, 6.45) is 0. The van der Waals surface area contributed by atoms with Crippen molar-refractivity contribution >= 4 is 22.4 Å². The Hall–Kier alpha value is -1.80. The Balaban J connectivity index is 2.18.